The number of rotatable bonds is 19. The Morgan fingerprint density at radius 3 is 1.92 bits per heavy atom. The summed E-state index contributed by atoms with van der Waals surface area (Å²) in [6, 6.07) is 0. The van der Waals surface area contributed by atoms with Gasteiger partial charge in [0.1, 0.15) is 12.9 Å². The smallest absolute Gasteiger partial charge is 0.317 e. The topological polar surface area (TPSA) is 155 Å². The van der Waals surface area contributed by atoms with Gasteiger partial charge >= 0.3 is 11.9 Å². The normalized spacial score (nSPS) is 15.3. The molecule has 0 radical (unpaired) electrons. The zero-order valence-corrected chi connectivity index (χ0v) is 22.0. The lowest BCUT2D eigenvalue weighted by Crippen LogP contribution is -2.44. The Labute approximate surface area is 214 Å². The molecule has 0 aromatic rings. The van der Waals surface area contributed by atoms with Crippen molar-refractivity contribution < 1.29 is 29.4 Å². The number of nitrogens with one attached hydrogen (secondary N) is 1. The second kappa shape index (κ2) is 23.2. The molecule has 0 spiro atoms. The molecule has 210 valence electrons. The molecule has 1 saturated heterocycles. The molecule has 13 heteroatoms. The van der Waals surface area contributed by atoms with Crippen molar-refractivity contribution in [2.24, 2.45) is 5.34 Å². The SMILES string of the molecule is CC.O=CCCCN(CCCON=O)CCN1CCNCCN(CCN(CC(=O)O)CC(=O)O)CC1. The first kappa shape index (κ1) is 33.8. The van der Waals surface area contributed by atoms with Crippen molar-refractivity contribution in [3.63, 3.8) is 0 Å². The molecule has 0 saturated carbocycles. The lowest BCUT2D eigenvalue weighted by Gasteiger charge is -2.29. The maximum atomic E-state index is 11.0. The fourth-order valence-corrected chi connectivity index (χ4v) is 3.84. The lowest BCUT2D eigenvalue weighted by molar-refractivity contribution is -0.141. The number of carboxylic acids is 2. The van der Waals surface area contributed by atoms with Crippen molar-refractivity contribution in [3.8, 4) is 0 Å². The first-order valence-electron chi connectivity index (χ1n) is 12.9. The maximum absolute atomic E-state index is 11.0. The van der Waals surface area contributed by atoms with Gasteiger partial charge in [-0.05, 0) is 19.4 Å². The van der Waals surface area contributed by atoms with Gasteiger partial charge in [0.15, 0.2) is 5.34 Å². The van der Waals surface area contributed by atoms with E-state index in [9.17, 15) is 19.3 Å². The molecule has 0 unspecified atom stereocenters. The van der Waals surface area contributed by atoms with Crippen LogP contribution in [-0.2, 0) is 19.2 Å². The minimum atomic E-state index is -1.04. The van der Waals surface area contributed by atoms with E-state index in [2.05, 4.69) is 30.2 Å². The van der Waals surface area contributed by atoms with Crippen LogP contribution in [0, 0.1) is 4.91 Å². The van der Waals surface area contributed by atoms with Crippen molar-refractivity contribution in [2.75, 3.05) is 98.2 Å². The summed E-state index contributed by atoms with van der Waals surface area (Å²) in [5.41, 5.74) is 0. The number of nitrogens with zero attached hydrogens (tertiary/aromatic N) is 5. The molecule has 0 bridgehead atoms. The van der Waals surface area contributed by atoms with Crippen molar-refractivity contribution in [1.29, 1.82) is 0 Å². The van der Waals surface area contributed by atoms with Crippen molar-refractivity contribution in [3.05, 3.63) is 4.91 Å². The molecule has 1 aliphatic rings. The summed E-state index contributed by atoms with van der Waals surface area (Å²) in [5, 5.41) is 23.9. The third kappa shape index (κ3) is 19.1. The second-order valence-electron chi connectivity index (χ2n) is 8.34. The number of aliphatic carboxylic acids is 2. The Balaban J connectivity index is 0.00000596. The van der Waals surface area contributed by atoms with E-state index in [0.29, 0.717) is 25.9 Å². The monoisotopic (exact) mass is 518 g/mol. The Hall–Kier alpha value is -2.19. The van der Waals surface area contributed by atoms with Crippen LogP contribution in [0.5, 0.6) is 0 Å². The molecule has 36 heavy (non-hydrogen) atoms. The fraction of sp³-hybridized carbons (Fsp3) is 0.870. The summed E-state index contributed by atoms with van der Waals surface area (Å²) in [4.78, 5) is 55.6. The van der Waals surface area contributed by atoms with Crippen molar-refractivity contribution >= 4 is 18.2 Å². The average molecular weight is 519 g/mol. The molecule has 1 fully saturated rings. The molecule has 1 heterocycles. The number of aldehydes is 1. The summed E-state index contributed by atoms with van der Waals surface area (Å²) in [5.74, 6) is -2.07. The lowest BCUT2D eigenvalue weighted by atomic mass is 10.3. The van der Waals surface area contributed by atoms with Crippen LogP contribution >= 0.6 is 0 Å². The Morgan fingerprint density at radius 2 is 1.42 bits per heavy atom. The van der Waals surface area contributed by atoms with Gasteiger partial charge in [-0.2, -0.15) is 0 Å². The molecule has 1 rings (SSSR count). The molecule has 0 aliphatic carbocycles. The van der Waals surface area contributed by atoms with E-state index in [1.165, 1.54) is 4.90 Å². The maximum Gasteiger partial charge on any atom is 0.317 e. The van der Waals surface area contributed by atoms with E-state index in [4.69, 9.17) is 10.2 Å². The summed E-state index contributed by atoms with van der Waals surface area (Å²) >= 11 is 0. The largest absolute Gasteiger partial charge is 0.480 e. The van der Waals surface area contributed by atoms with E-state index >= 15 is 0 Å². The first-order valence-corrected chi connectivity index (χ1v) is 12.9. The summed E-state index contributed by atoms with van der Waals surface area (Å²) in [6.45, 7) is 12.9. The number of carbonyl (C=O) groups excluding carboxylic acids is 1. The van der Waals surface area contributed by atoms with Gasteiger partial charge in [-0.3, -0.25) is 24.3 Å². The number of hydrogen-bond acceptors (Lipinski definition) is 11. The van der Waals surface area contributed by atoms with Crippen molar-refractivity contribution in [2.45, 2.75) is 33.1 Å². The molecule has 0 aromatic heterocycles. The van der Waals surface area contributed by atoms with Gasteiger partial charge in [0, 0.05) is 78.4 Å². The van der Waals surface area contributed by atoms with Crippen LogP contribution in [0.15, 0.2) is 5.34 Å². The predicted molar refractivity (Wildman–Crippen MR) is 137 cm³/mol. The van der Waals surface area contributed by atoms with Gasteiger partial charge in [0.25, 0.3) is 0 Å². The summed E-state index contributed by atoms with van der Waals surface area (Å²) in [6.07, 6.45) is 2.92. The highest BCUT2D eigenvalue weighted by Crippen LogP contribution is 2.01. The van der Waals surface area contributed by atoms with Gasteiger partial charge < -0.3 is 30.1 Å². The van der Waals surface area contributed by atoms with Crippen LogP contribution < -0.4 is 5.32 Å². The fourth-order valence-electron chi connectivity index (χ4n) is 3.84. The van der Waals surface area contributed by atoms with Gasteiger partial charge in [0.2, 0.25) is 0 Å². The summed E-state index contributed by atoms with van der Waals surface area (Å²) in [7, 11) is 0. The molecule has 0 aromatic carbocycles. The van der Waals surface area contributed by atoms with E-state index < -0.39 is 11.9 Å². The number of carboxylic acid groups (broad SMARTS) is 2. The third-order valence-corrected chi connectivity index (χ3v) is 5.68. The van der Waals surface area contributed by atoms with Crippen molar-refractivity contribution in [1.82, 2.24) is 24.9 Å². The molecule has 0 amide bonds. The number of hydrogen-bond donors (Lipinski definition) is 3. The van der Waals surface area contributed by atoms with Crippen LogP contribution in [0.2, 0.25) is 0 Å². The standard InChI is InChI=1S/C21H40N6O7.C2H6/c28-16-2-1-6-24(7-3-17-34-23-33)10-11-25-8-4-22-5-9-26(13-12-25)14-15-27(18-20(29)30)19-21(31)32;1-2/h16,22H,1-15,17-19H2,(H,29,30)(H,31,32);1-2H3. The minimum absolute atomic E-state index is 0.275. The minimum Gasteiger partial charge on any atom is -0.480 e. The Morgan fingerprint density at radius 1 is 0.889 bits per heavy atom. The predicted octanol–water partition coefficient (Wildman–Crippen LogP) is 0.0602. The first-order chi connectivity index (χ1) is 17.4. The molecule has 0 atom stereocenters. The van der Waals surface area contributed by atoms with E-state index in [-0.39, 0.29) is 19.7 Å². The molecule has 3 N–H and O–H groups in total. The molecular weight excluding hydrogens is 472 g/mol. The van der Waals surface area contributed by atoms with Gasteiger partial charge in [-0.25, -0.2) is 0 Å². The number of unbranched alkanes of at least 4 members (excludes halogenated alkanes) is 1. The third-order valence-electron chi connectivity index (χ3n) is 5.68. The zero-order chi connectivity index (χ0) is 27.0. The van der Waals surface area contributed by atoms with E-state index in [1.807, 2.05) is 13.8 Å². The Bertz CT molecular complexity index is 583. The van der Waals surface area contributed by atoms with E-state index in [1.54, 1.807) is 0 Å². The Kier molecular flexibility index (Phi) is 21.8. The molecule has 1 aliphatic heterocycles. The van der Waals surface area contributed by atoms with Gasteiger partial charge in [-0.1, -0.05) is 13.8 Å². The zero-order valence-electron chi connectivity index (χ0n) is 22.0. The van der Waals surface area contributed by atoms with Gasteiger partial charge in [0.05, 0.1) is 13.1 Å². The number of carbonyl (C=O) groups is 3. The van der Waals surface area contributed by atoms with Crippen LogP contribution in [-0.4, -0.2) is 146 Å². The van der Waals surface area contributed by atoms with Crippen LogP contribution in [0.25, 0.3) is 0 Å². The summed E-state index contributed by atoms with van der Waals surface area (Å²) < 4.78 is 0. The highest BCUT2D eigenvalue weighted by Gasteiger charge is 2.17. The van der Waals surface area contributed by atoms with E-state index in [0.717, 1.165) is 78.2 Å². The average Bonchev–Trinajstić information content (AvgIpc) is 2.96. The highest BCUT2D eigenvalue weighted by atomic mass is 16.7. The molecular formula is C23H46N6O7. The van der Waals surface area contributed by atoms with Crippen LogP contribution in [0.4, 0.5) is 0 Å². The quantitative estimate of drug-likeness (QED) is 0.0916. The van der Waals surface area contributed by atoms with Crippen LogP contribution in [0.3, 0.4) is 0 Å². The van der Waals surface area contributed by atoms with Crippen LogP contribution in [0.1, 0.15) is 33.1 Å². The second-order valence-corrected chi connectivity index (χ2v) is 8.34. The molecule has 13 nitrogen and oxygen atoms in total. The highest BCUT2D eigenvalue weighted by molar-refractivity contribution is 5.72. The van der Waals surface area contributed by atoms with Gasteiger partial charge in [-0.15, -0.1) is 4.91 Å².